The predicted molar refractivity (Wildman–Crippen MR) is 55.2 cm³/mol. The third-order valence-corrected chi connectivity index (χ3v) is 2.44. The van der Waals surface area contributed by atoms with Gasteiger partial charge in [-0.15, -0.1) is 0 Å². The summed E-state index contributed by atoms with van der Waals surface area (Å²) < 4.78 is 5.41. The van der Waals surface area contributed by atoms with Crippen LogP contribution in [0.4, 0.5) is 0 Å². The van der Waals surface area contributed by atoms with E-state index in [1.165, 1.54) is 0 Å². The van der Waals surface area contributed by atoms with Crippen LogP contribution >= 0.6 is 27.5 Å². The third-order valence-electron chi connectivity index (χ3n) is 1.66. The molecule has 1 aromatic heterocycles. The lowest BCUT2D eigenvalue weighted by Gasteiger charge is -1.96. The average Bonchev–Trinajstić information content (AvgIpc) is 2.08. The van der Waals surface area contributed by atoms with Crippen LogP contribution in [0.5, 0.6) is 0 Å². The number of rotatable bonds is 0. The van der Waals surface area contributed by atoms with E-state index in [0.29, 0.717) is 15.1 Å². The SMILES string of the molecule is O=c1oc2cc(Cl)ccc2cc1Br. The molecule has 13 heavy (non-hydrogen) atoms. The molecule has 0 aliphatic rings. The van der Waals surface area contributed by atoms with Gasteiger partial charge in [0, 0.05) is 16.5 Å². The Morgan fingerprint density at radius 2 is 2.08 bits per heavy atom. The molecule has 4 heteroatoms. The maximum absolute atomic E-state index is 11.1. The number of fused-ring (bicyclic) bond motifs is 1. The van der Waals surface area contributed by atoms with E-state index in [1.54, 1.807) is 24.3 Å². The fraction of sp³-hybridized carbons (Fsp3) is 0. The maximum atomic E-state index is 11.1. The van der Waals surface area contributed by atoms with Crippen molar-refractivity contribution in [2.75, 3.05) is 0 Å². The molecule has 0 spiro atoms. The molecule has 1 heterocycles. The summed E-state index contributed by atoms with van der Waals surface area (Å²) in [5, 5.41) is 1.40. The minimum absolute atomic E-state index is 0.394. The zero-order valence-electron chi connectivity index (χ0n) is 6.38. The van der Waals surface area contributed by atoms with Crippen LogP contribution < -0.4 is 5.63 Å². The van der Waals surface area contributed by atoms with Crippen LogP contribution in [0, 0.1) is 0 Å². The minimum atomic E-state index is -0.394. The van der Waals surface area contributed by atoms with Gasteiger partial charge in [-0.2, -0.15) is 0 Å². The molecule has 2 nitrogen and oxygen atoms in total. The molecule has 0 N–H and O–H groups in total. The molecule has 0 atom stereocenters. The molecule has 2 aromatic rings. The Morgan fingerprint density at radius 3 is 2.85 bits per heavy atom. The first-order valence-electron chi connectivity index (χ1n) is 3.56. The van der Waals surface area contributed by atoms with E-state index in [2.05, 4.69) is 15.9 Å². The summed E-state index contributed by atoms with van der Waals surface area (Å²) in [6, 6.07) is 6.86. The van der Waals surface area contributed by atoms with Gasteiger partial charge < -0.3 is 4.42 Å². The van der Waals surface area contributed by atoms with Crippen molar-refractivity contribution in [1.82, 2.24) is 0 Å². The highest BCUT2D eigenvalue weighted by Gasteiger charge is 2.01. The van der Waals surface area contributed by atoms with Crippen molar-refractivity contribution in [2.24, 2.45) is 0 Å². The van der Waals surface area contributed by atoms with Gasteiger partial charge in [0.1, 0.15) is 10.1 Å². The fourth-order valence-electron chi connectivity index (χ4n) is 1.06. The highest BCUT2D eigenvalue weighted by molar-refractivity contribution is 9.10. The van der Waals surface area contributed by atoms with Gasteiger partial charge in [0.2, 0.25) is 0 Å². The Morgan fingerprint density at radius 1 is 1.31 bits per heavy atom. The molecule has 1 aromatic carbocycles. The minimum Gasteiger partial charge on any atom is -0.422 e. The van der Waals surface area contributed by atoms with E-state index in [0.717, 1.165) is 5.39 Å². The Balaban J connectivity index is 2.89. The van der Waals surface area contributed by atoms with Crippen molar-refractivity contribution >= 4 is 38.5 Å². The van der Waals surface area contributed by atoms with Crippen LogP contribution in [0.1, 0.15) is 0 Å². The van der Waals surface area contributed by atoms with Gasteiger partial charge >= 0.3 is 5.63 Å². The molecular formula is C9H4BrClO2. The molecule has 0 unspecified atom stereocenters. The van der Waals surface area contributed by atoms with Crippen molar-refractivity contribution in [3.63, 3.8) is 0 Å². The second kappa shape index (κ2) is 3.16. The van der Waals surface area contributed by atoms with Gasteiger partial charge in [-0.25, -0.2) is 4.79 Å². The molecule has 0 amide bonds. The van der Waals surface area contributed by atoms with E-state index < -0.39 is 5.63 Å². The summed E-state index contributed by atoms with van der Waals surface area (Å²) in [5.74, 6) is 0. The first-order valence-corrected chi connectivity index (χ1v) is 4.73. The summed E-state index contributed by atoms with van der Waals surface area (Å²) in [7, 11) is 0. The first-order chi connectivity index (χ1) is 6.16. The van der Waals surface area contributed by atoms with Crippen LogP contribution in [0.2, 0.25) is 5.02 Å². The topological polar surface area (TPSA) is 30.2 Å². The summed E-state index contributed by atoms with van der Waals surface area (Å²) in [4.78, 5) is 11.1. The van der Waals surface area contributed by atoms with Gasteiger partial charge in [0.25, 0.3) is 0 Å². The standard InChI is InChI=1S/C9H4BrClO2/c10-7-3-5-1-2-6(11)4-8(5)13-9(7)12/h1-4H. The van der Waals surface area contributed by atoms with Gasteiger partial charge in [-0.1, -0.05) is 11.6 Å². The highest BCUT2D eigenvalue weighted by atomic mass is 79.9. The van der Waals surface area contributed by atoms with Gasteiger partial charge in [-0.3, -0.25) is 0 Å². The third kappa shape index (κ3) is 1.62. The van der Waals surface area contributed by atoms with Gasteiger partial charge in [0.15, 0.2) is 0 Å². The Labute approximate surface area is 87.3 Å². The number of hydrogen-bond acceptors (Lipinski definition) is 2. The molecule has 0 fully saturated rings. The number of halogens is 2. The predicted octanol–water partition coefficient (Wildman–Crippen LogP) is 3.21. The summed E-state index contributed by atoms with van der Waals surface area (Å²) >= 11 is 8.83. The van der Waals surface area contributed by atoms with Crippen molar-refractivity contribution in [3.05, 3.63) is 44.2 Å². The summed E-state index contributed by atoms with van der Waals surface area (Å²) in [6.45, 7) is 0. The van der Waals surface area contributed by atoms with Crippen LogP contribution in [-0.2, 0) is 0 Å². The zero-order chi connectivity index (χ0) is 9.42. The Kier molecular flexibility index (Phi) is 2.14. The molecule has 0 bridgehead atoms. The lowest BCUT2D eigenvalue weighted by atomic mass is 10.2. The van der Waals surface area contributed by atoms with Crippen molar-refractivity contribution in [1.29, 1.82) is 0 Å². The molecule has 0 aliphatic carbocycles. The normalized spacial score (nSPS) is 10.6. The van der Waals surface area contributed by atoms with E-state index in [-0.39, 0.29) is 0 Å². The lowest BCUT2D eigenvalue weighted by Crippen LogP contribution is -1.98. The second-order valence-corrected chi connectivity index (χ2v) is 3.85. The quantitative estimate of drug-likeness (QED) is 0.680. The summed E-state index contributed by atoms with van der Waals surface area (Å²) in [6.07, 6.45) is 0. The molecule has 0 aliphatic heterocycles. The molecule has 0 saturated carbocycles. The molecule has 2 rings (SSSR count). The van der Waals surface area contributed by atoms with E-state index in [4.69, 9.17) is 16.0 Å². The van der Waals surface area contributed by atoms with Gasteiger partial charge in [0.05, 0.1) is 0 Å². The van der Waals surface area contributed by atoms with Crippen LogP contribution in [-0.4, -0.2) is 0 Å². The van der Waals surface area contributed by atoms with E-state index in [1.807, 2.05) is 0 Å². The smallest absolute Gasteiger partial charge is 0.350 e. The molecule has 66 valence electrons. The van der Waals surface area contributed by atoms with Crippen molar-refractivity contribution in [2.45, 2.75) is 0 Å². The van der Waals surface area contributed by atoms with Crippen molar-refractivity contribution in [3.8, 4) is 0 Å². The maximum Gasteiger partial charge on any atom is 0.350 e. The zero-order valence-corrected chi connectivity index (χ0v) is 8.72. The average molecular weight is 259 g/mol. The van der Waals surface area contributed by atoms with E-state index in [9.17, 15) is 4.79 Å². The highest BCUT2D eigenvalue weighted by Crippen LogP contribution is 2.20. The fourth-order valence-corrected chi connectivity index (χ4v) is 1.55. The Bertz CT molecular complexity index is 518. The Hall–Kier alpha value is -0.800. The first kappa shape index (κ1) is 8.78. The number of benzene rings is 1. The number of hydrogen-bond donors (Lipinski definition) is 0. The van der Waals surface area contributed by atoms with Crippen LogP contribution in [0.15, 0.2) is 37.9 Å². The van der Waals surface area contributed by atoms with Crippen LogP contribution in [0.3, 0.4) is 0 Å². The van der Waals surface area contributed by atoms with Crippen LogP contribution in [0.25, 0.3) is 11.0 Å². The van der Waals surface area contributed by atoms with Gasteiger partial charge in [-0.05, 0) is 34.1 Å². The molecular weight excluding hydrogens is 255 g/mol. The lowest BCUT2D eigenvalue weighted by molar-refractivity contribution is 0.556. The molecule has 0 radical (unpaired) electrons. The largest absolute Gasteiger partial charge is 0.422 e. The molecule has 0 saturated heterocycles. The van der Waals surface area contributed by atoms with Crippen molar-refractivity contribution < 1.29 is 4.42 Å². The monoisotopic (exact) mass is 258 g/mol. The van der Waals surface area contributed by atoms with E-state index >= 15 is 0 Å². The second-order valence-electron chi connectivity index (χ2n) is 2.56. The summed E-state index contributed by atoms with van der Waals surface area (Å²) in [5.41, 5.74) is 0.107.